The number of benzene rings is 8. The Morgan fingerprint density at radius 2 is 0.674 bits per heavy atom. The maximum Gasteiger partial charge on any atom is 1.00 e. The average Bonchev–Trinajstić information content (AvgIpc) is 1.74. The van der Waals surface area contributed by atoms with E-state index in [0.29, 0.717) is 6.07 Å². The fraction of sp³-hybridized carbons (Fsp3) is 0. The van der Waals surface area contributed by atoms with Crippen LogP contribution in [-0.2, 0) is 51.1 Å². The van der Waals surface area contributed by atoms with Crippen LogP contribution in [0.2, 0.25) is 0 Å². The molecular weight excluding hydrogens is 1480 g/mol. The van der Waals surface area contributed by atoms with Gasteiger partial charge in [0.25, 0.3) is 6.47 Å². The molecule has 0 unspecified atom stereocenters. The maximum absolute atomic E-state index is 15.5. The molecule has 0 saturated carbocycles. The zero-order chi connectivity index (χ0) is 65.7. The summed E-state index contributed by atoms with van der Waals surface area (Å²) in [5.74, 6) is -50.9. The van der Waals surface area contributed by atoms with Gasteiger partial charge in [0.1, 0.15) is 31.7 Å². The molecule has 0 atom stereocenters. The van der Waals surface area contributed by atoms with Crippen LogP contribution < -0.4 is 236 Å². The average molecular weight is 1500 g/mol. The minimum absolute atomic E-state index is 0. The van der Waals surface area contributed by atoms with E-state index in [9.17, 15) is 111 Å². The van der Waals surface area contributed by atoms with Gasteiger partial charge in [0, 0.05) is 21.3 Å². The van der Waals surface area contributed by atoms with Gasteiger partial charge < -0.3 is 40.4 Å². The number of carbonyl (C=O) groups excluding carboxylic acids is 1. The second-order valence-corrected chi connectivity index (χ2v) is 18.6. The Bertz CT molecular complexity index is 4440. The third kappa shape index (κ3) is 21.7. The summed E-state index contributed by atoms with van der Waals surface area (Å²) < 4.78 is 374. The predicted molar refractivity (Wildman–Crippen MR) is 236 cm³/mol. The third-order valence-electron chi connectivity index (χ3n) is 10.0. The van der Waals surface area contributed by atoms with Crippen LogP contribution in [0.5, 0.6) is 34.5 Å². The van der Waals surface area contributed by atoms with Crippen LogP contribution in [-0.4, -0.2) is 67.9 Å². The first-order valence-corrected chi connectivity index (χ1v) is 25.1. The van der Waals surface area contributed by atoms with E-state index >= 15 is 4.39 Å². The normalized spacial score (nSPS) is 10.4. The molecule has 0 bridgehead atoms. The molecule has 1 aliphatic heterocycles. The number of hydrogen-bond donors (Lipinski definition) is 2. The van der Waals surface area contributed by atoms with Crippen molar-refractivity contribution in [1.29, 1.82) is 0 Å². The minimum atomic E-state index is -5.14. The van der Waals surface area contributed by atoms with E-state index in [4.69, 9.17) is 44.8 Å². The zero-order valence-corrected chi connectivity index (χ0v) is 63.0. The summed E-state index contributed by atoms with van der Waals surface area (Å²) in [6.45, 7) is -0.181. The summed E-state index contributed by atoms with van der Waals surface area (Å²) in [4.78, 5) is 9.80. The zero-order valence-electron chi connectivity index (χ0n) is 46.5. The molecule has 0 amide bonds. The van der Waals surface area contributed by atoms with Crippen LogP contribution in [0.1, 0.15) is 1.43 Å². The molecule has 8 aromatic carbocycles. The summed E-state index contributed by atoms with van der Waals surface area (Å²) in [5.41, 5.74) is -8.68. The molecule has 0 saturated heterocycles. The van der Waals surface area contributed by atoms with Gasteiger partial charge in [-0.15, -0.1) is 48.2 Å². The van der Waals surface area contributed by atoms with E-state index in [-0.39, 0.29) is 256 Å². The fourth-order valence-electron chi connectivity index (χ4n) is 6.73. The first-order valence-electron chi connectivity index (χ1n) is 20.3. The van der Waals surface area contributed by atoms with Crippen molar-refractivity contribution >= 4 is 69.5 Å². The third-order valence-corrected chi connectivity index (χ3v) is 11.7. The molecule has 9 rings (SSSR count). The molecule has 92 heavy (non-hydrogen) atoms. The molecule has 1 heterocycles. The molecule has 462 valence electrons. The fourth-order valence-corrected chi connectivity index (χ4v) is 7.78. The molecule has 1 aliphatic rings. The number of carbonyl (C=O) groups is 1. The number of aromatic hydroxyl groups is 2. The topological polar surface area (TPSA) is 325 Å². The van der Waals surface area contributed by atoms with Gasteiger partial charge >= 0.3 is 242 Å². The van der Waals surface area contributed by atoms with E-state index in [2.05, 4.69) is 17.0 Å². The van der Waals surface area contributed by atoms with Gasteiger partial charge in [0.2, 0.25) is 29.0 Å². The minimum Gasteiger partial charge on any atom is -1.00 e. The molecule has 8 aromatic rings. The standard InChI is InChI=1S/C22H5F8O5S.C12F10.C10H7O5S.CH2O3.2K.4Na.2O3S.H/c23-13-11(14(24)18(28)19(29)17(13)27)12-15(25)20(30)22-21(16(12)26)35-9-5-7(36(31,32)33)4-6-2-1-3-8(34-22)10(6)9;13-3-1(4(14)8(18)11(21)7(3)17)2-5(15)9(19)12(22)10(20)6(2)16;11-8-3-1-2-6-4-7(16(13,14)15)5-9(12)10(6)8;2-1-4-3;;;;;;;2*1-4(2)3;/h2-5H,(H,31,32,33);;2-5,11-12H,(H,13,14,15);1,3H;;;;;;;;;/q-1;;-1;;6*+1;;;-1/p-3. The molecule has 0 aliphatic carbocycles. The first-order chi connectivity index (χ1) is 39.7. The molecule has 2 N–H and O–H groups in total. The maximum atomic E-state index is 15.5. The summed E-state index contributed by atoms with van der Waals surface area (Å²) in [5, 5.41) is 27.4. The van der Waals surface area contributed by atoms with Gasteiger partial charge in [0.05, 0.1) is 22.3 Å². The molecule has 47 heteroatoms. The van der Waals surface area contributed by atoms with Gasteiger partial charge in [0.15, 0.2) is 87.2 Å². The second-order valence-electron chi connectivity index (χ2n) is 15.0. The Labute approximate surface area is 677 Å². The molecule has 0 aromatic heterocycles. The van der Waals surface area contributed by atoms with E-state index in [1.54, 1.807) is 0 Å². The van der Waals surface area contributed by atoms with Gasteiger partial charge in [-0.1, -0.05) is 12.1 Å². The number of phenols is 2. The number of rotatable bonds is 5. The van der Waals surface area contributed by atoms with Crippen molar-refractivity contribution in [2.24, 2.45) is 0 Å². The van der Waals surface area contributed by atoms with E-state index < -0.39 is 207 Å². The van der Waals surface area contributed by atoms with Crippen LogP contribution >= 0.6 is 0 Å². The van der Waals surface area contributed by atoms with Gasteiger partial charge in [-0.05, 0) is 22.9 Å². The Morgan fingerprint density at radius 3 is 1.00 bits per heavy atom. The summed E-state index contributed by atoms with van der Waals surface area (Å²) in [6.07, 6.45) is 0. The first kappa shape index (κ1) is 94.2. The molecule has 19 nitrogen and oxygen atoms in total. The Kier molecular flexibility index (Phi) is 40.5. The number of phenolic OH excluding ortho intramolecular Hbond substituents is 2. The van der Waals surface area contributed by atoms with Crippen molar-refractivity contribution in [1.82, 2.24) is 0 Å². The van der Waals surface area contributed by atoms with Crippen LogP contribution in [0.25, 0.3) is 43.8 Å². The van der Waals surface area contributed by atoms with Crippen molar-refractivity contribution in [2.45, 2.75) is 9.79 Å². The Morgan fingerprint density at radius 1 is 0.413 bits per heavy atom. The van der Waals surface area contributed by atoms with Crippen molar-refractivity contribution < 1.29 is 387 Å². The second kappa shape index (κ2) is 39.5. The monoisotopic (exact) mass is 1500 g/mol. The van der Waals surface area contributed by atoms with Gasteiger partial charge in [-0.3, -0.25) is 4.79 Å². The van der Waals surface area contributed by atoms with Crippen LogP contribution in [0.3, 0.4) is 0 Å². The molecule has 0 spiro atoms. The Hall–Kier alpha value is -2.02. The van der Waals surface area contributed by atoms with Gasteiger partial charge in [-0.2, -0.15) is 28.7 Å². The quantitative estimate of drug-likeness (QED) is 0.0186. The summed E-state index contributed by atoms with van der Waals surface area (Å²) in [7, 11) is -16.0. The van der Waals surface area contributed by atoms with Crippen molar-refractivity contribution in [3.8, 4) is 56.8 Å². The van der Waals surface area contributed by atoms with E-state index in [1.807, 2.05) is 0 Å². The number of halogens is 18. The van der Waals surface area contributed by atoms with Crippen molar-refractivity contribution in [3.63, 3.8) is 0 Å². The number of ether oxygens (including phenoxy) is 2. The summed E-state index contributed by atoms with van der Waals surface area (Å²) >= 11 is 0. The van der Waals surface area contributed by atoms with Crippen LogP contribution in [0.15, 0.2) is 58.3 Å². The molecular formula is C45H12F18K2Na4O19S4. The number of hydrogen-bond acceptors (Lipinski definition) is 19. The SMILES string of the molecule is Fc1c(F)c(F)c(-c2c(F)c(F)c(F)c(F)c2F)c(F)c1F.O=CO[O-].O=S(=O)([O-])c1cc(O)c2c(O)c[c-]cc2c1.O=S(=O)([O-])c1cc2c3c(c[c-]cc3c1)Oc1c(F)c(F)c(-c3c(F)c(F)c(F)c(F)c3F)c(F)c1O2.O=S(=O)=O.O=S(=O)=O.[H-].[K+].[K+].[Na+].[Na+].[Na+].[Na+]. The Balaban J connectivity index is -0.000000600. The summed E-state index contributed by atoms with van der Waals surface area (Å²) in [6, 6.07) is 13.1. The molecule has 0 fully saturated rings. The largest absolute Gasteiger partial charge is 1.00 e. The van der Waals surface area contributed by atoms with Crippen molar-refractivity contribution in [2.75, 3.05) is 0 Å². The number of fused-ring (bicyclic) bond motifs is 2. The van der Waals surface area contributed by atoms with Crippen molar-refractivity contribution in [3.05, 3.63) is 165 Å². The van der Waals surface area contributed by atoms with E-state index in [1.165, 1.54) is 12.1 Å². The van der Waals surface area contributed by atoms with Gasteiger partial charge in [-0.25, -0.2) is 91.5 Å². The molecule has 0 radical (unpaired) electrons. The van der Waals surface area contributed by atoms with E-state index in [0.717, 1.165) is 30.3 Å². The van der Waals surface area contributed by atoms with Crippen LogP contribution in [0.4, 0.5) is 79.0 Å². The smallest absolute Gasteiger partial charge is 1.00 e. The predicted octanol–water partition coefficient (Wildman–Crippen LogP) is -9.52. The van der Waals surface area contributed by atoms with Crippen LogP contribution in [0, 0.1) is 117 Å².